The summed E-state index contributed by atoms with van der Waals surface area (Å²) in [6.07, 6.45) is 0.904. The molecule has 1 aliphatic heterocycles. The van der Waals surface area contributed by atoms with Gasteiger partial charge in [-0.15, -0.1) is 0 Å². The number of carbonyl (C=O) groups excluding carboxylic acids is 2. The molecule has 1 saturated heterocycles. The molecule has 0 bridgehead atoms. The molecule has 1 aliphatic rings. The van der Waals surface area contributed by atoms with Crippen LogP contribution in [0.5, 0.6) is 0 Å². The largest absolute Gasteiger partial charge is 0.339 e. The summed E-state index contributed by atoms with van der Waals surface area (Å²) >= 11 is 0. The molecular weight excluding hydrogens is 328 g/mol. The first-order valence-corrected chi connectivity index (χ1v) is 9.43. The third-order valence-corrected chi connectivity index (χ3v) is 5.09. The molecule has 1 aromatic carbocycles. The van der Waals surface area contributed by atoms with Crippen molar-refractivity contribution in [1.82, 2.24) is 19.4 Å². The molecule has 2 amide bonds. The number of imidazole rings is 1. The predicted molar refractivity (Wildman–Crippen MR) is 102 cm³/mol. The van der Waals surface area contributed by atoms with E-state index >= 15 is 0 Å². The van der Waals surface area contributed by atoms with Gasteiger partial charge in [-0.05, 0) is 38.5 Å². The minimum absolute atomic E-state index is 0.118. The summed E-state index contributed by atoms with van der Waals surface area (Å²) in [5.74, 6) is 1.28. The van der Waals surface area contributed by atoms with Gasteiger partial charge in [0.1, 0.15) is 5.82 Å². The normalized spacial score (nSPS) is 15.1. The molecule has 0 unspecified atom stereocenters. The minimum atomic E-state index is 0.118. The van der Waals surface area contributed by atoms with Crippen molar-refractivity contribution in [2.45, 2.75) is 46.6 Å². The quantitative estimate of drug-likeness (QED) is 0.846. The van der Waals surface area contributed by atoms with E-state index in [1.165, 1.54) is 0 Å². The highest BCUT2D eigenvalue weighted by Gasteiger charge is 2.23. The van der Waals surface area contributed by atoms with Crippen LogP contribution in [0.3, 0.4) is 0 Å². The van der Waals surface area contributed by atoms with Crippen LogP contribution in [0, 0.1) is 6.92 Å². The van der Waals surface area contributed by atoms with Gasteiger partial charge in [-0.3, -0.25) is 9.59 Å². The lowest BCUT2D eigenvalue weighted by Crippen LogP contribution is -2.50. The molecule has 1 aromatic heterocycles. The Balaban J connectivity index is 1.67. The van der Waals surface area contributed by atoms with Crippen molar-refractivity contribution < 1.29 is 9.59 Å². The molecule has 0 radical (unpaired) electrons. The van der Waals surface area contributed by atoms with Gasteiger partial charge in [-0.1, -0.05) is 13.0 Å². The fourth-order valence-electron chi connectivity index (χ4n) is 3.74. The smallest absolute Gasteiger partial charge is 0.227 e. The highest BCUT2D eigenvalue weighted by atomic mass is 16.2. The molecule has 6 heteroatoms. The van der Waals surface area contributed by atoms with Crippen molar-refractivity contribution in [2.75, 3.05) is 26.2 Å². The van der Waals surface area contributed by atoms with E-state index in [-0.39, 0.29) is 11.8 Å². The molecule has 0 spiro atoms. The molecule has 0 N–H and O–H groups in total. The molecule has 0 atom stereocenters. The lowest BCUT2D eigenvalue weighted by atomic mass is 10.1. The van der Waals surface area contributed by atoms with E-state index in [2.05, 4.69) is 29.5 Å². The van der Waals surface area contributed by atoms with Crippen LogP contribution in [0.2, 0.25) is 0 Å². The minimum Gasteiger partial charge on any atom is -0.339 e. The number of aryl methyl sites for hydroxylation is 1. The molecular formula is C20H28N4O2. The fraction of sp³-hybridized carbons (Fsp3) is 0.550. The van der Waals surface area contributed by atoms with Gasteiger partial charge in [0.2, 0.25) is 11.8 Å². The zero-order valence-electron chi connectivity index (χ0n) is 16.2. The lowest BCUT2D eigenvalue weighted by molar-refractivity contribution is -0.139. The maximum Gasteiger partial charge on any atom is 0.227 e. The molecule has 6 nitrogen and oxygen atoms in total. The summed E-state index contributed by atoms with van der Waals surface area (Å²) in [7, 11) is 0. The fourth-order valence-corrected chi connectivity index (χ4v) is 3.74. The van der Waals surface area contributed by atoms with Gasteiger partial charge in [-0.25, -0.2) is 4.98 Å². The molecule has 140 valence electrons. The molecule has 1 fully saturated rings. The number of amides is 2. The first-order valence-electron chi connectivity index (χ1n) is 9.43. The van der Waals surface area contributed by atoms with Crippen LogP contribution in [0.1, 0.15) is 44.6 Å². The van der Waals surface area contributed by atoms with Crippen molar-refractivity contribution in [3.8, 4) is 0 Å². The van der Waals surface area contributed by atoms with Gasteiger partial charge in [0.05, 0.1) is 17.5 Å². The standard InChI is InChI=1S/C20H28N4O2/c1-5-19(25)22-8-10-23(11-9-22)20(26)13-16-6-7-18-17(12-16)21-15(4)24(18)14(2)3/h6-7,12,14H,5,8-11,13H2,1-4H3. The Labute approximate surface area is 154 Å². The van der Waals surface area contributed by atoms with Gasteiger partial charge in [0, 0.05) is 38.6 Å². The second-order valence-electron chi connectivity index (χ2n) is 7.24. The topological polar surface area (TPSA) is 58.4 Å². The maximum absolute atomic E-state index is 12.6. The van der Waals surface area contributed by atoms with Crippen molar-refractivity contribution in [1.29, 1.82) is 0 Å². The second-order valence-corrected chi connectivity index (χ2v) is 7.24. The van der Waals surface area contributed by atoms with Crippen molar-refractivity contribution >= 4 is 22.8 Å². The van der Waals surface area contributed by atoms with Crippen molar-refractivity contribution in [3.05, 3.63) is 29.6 Å². The Morgan fingerprint density at radius 1 is 1.08 bits per heavy atom. The average Bonchev–Trinajstić information content (AvgIpc) is 2.96. The maximum atomic E-state index is 12.6. The molecule has 2 aromatic rings. The monoisotopic (exact) mass is 356 g/mol. The number of carbonyl (C=O) groups is 2. The van der Waals surface area contributed by atoms with Gasteiger partial charge in [0.15, 0.2) is 0 Å². The van der Waals surface area contributed by atoms with Crippen molar-refractivity contribution in [3.63, 3.8) is 0 Å². The van der Waals surface area contributed by atoms with Crippen LogP contribution in [-0.4, -0.2) is 57.3 Å². The average molecular weight is 356 g/mol. The zero-order valence-corrected chi connectivity index (χ0v) is 16.2. The number of piperazine rings is 1. The third-order valence-electron chi connectivity index (χ3n) is 5.09. The molecule has 3 rings (SSSR count). The Hall–Kier alpha value is -2.37. The van der Waals surface area contributed by atoms with Crippen LogP contribution >= 0.6 is 0 Å². The highest BCUT2D eigenvalue weighted by Crippen LogP contribution is 2.22. The van der Waals surface area contributed by atoms with E-state index < -0.39 is 0 Å². The number of benzene rings is 1. The molecule has 0 saturated carbocycles. The van der Waals surface area contributed by atoms with E-state index in [1.54, 1.807) is 0 Å². The van der Waals surface area contributed by atoms with E-state index in [9.17, 15) is 9.59 Å². The first-order chi connectivity index (χ1) is 12.4. The van der Waals surface area contributed by atoms with Gasteiger partial charge >= 0.3 is 0 Å². The highest BCUT2D eigenvalue weighted by molar-refractivity contribution is 5.82. The van der Waals surface area contributed by atoms with Gasteiger partial charge < -0.3 is 14.4 Å². The van der Waals surface area contributed by atoms with Gasteiger partial charge in [0.25, 0.3) is 0 Å². The summed E-state index contributed by atoms with van der Waals surface area (Å²) in [6, 6.07) is 6.47. The summed E-state index contributed by atoms with van der Waals surface area (Å²) in [6.45, 7) is 10.7. The van der Waals surface area contributed by atoms with E-state index in [0.29, 0.717) is 45.1 Å². The Bertz CT molecular complexity index is 817. The summed E-state index contributed by atoms with van der Waals surface area (Å²) < 4.78 is 2.21. The van der Waals surface area contributed by atoms with Crippen LogP contribution in [0.4, 0.5) is 0 Å². The summed E-state index contributed by atoms with van der Waals surface area (Å²) in [5.41, 5.74) is 3.04. The second kappa shape index (κ2) is 7.48. The lowest BCUT2D eigenvalue weighted by Gasteiger charge is -2.34. The zero-order chi connectivity index (χ0) is 18.8. The van der Waals surface area contributed by atoms with Crippen molar-refractivity contribution in [2.24, 2.45) is 0 Å². The van der Waals surface area contributed by atoms with E-state index in [0.717, 1.165) is 22.4 Å². The van der Waals surface area contributed by atoms with Crippen LogP contribution in [-0.2, 0) is 16.0 Å². The Kier molecular flexibility index (Phi) is 5.30. The number of nitrogens with zero attached hydrogens (tertiary/aromatic N) is 4. The number of hydrogen-bond acceptors (Lipinski definition) is 3. The molecule has 0 aliphatic carbocycles. The number of aromatic nitrogens is 2. The number of rotatable bonds is 4. The molecule has 26 heavy (non-hydrogen) atoms. The Morgan fingerprint density at radius 2 is 1.69 bits per heavy atom. The van der Waals surface area contributed by atoms with Crippen LogP contribution in [0.15, 0.2) is 18.2 Å². The summed E-state index contributed by atoms with van der Waals surface area (Å²) in [4.78, 5) is 32.7. The molecule has 2 heterocycles. The van der Waals surface area contributed by atoms with Crippen LogP contribution in [0.25, 0.3) is 11.0 Å². The number of hydrogen-bond donors (Lipinski definition) is 0. The predicted octanol–water partition coefficient (Wildman–Crippen LogP) is 2.55. The van der Waals surface area contributed by atoms with Crippen LogP contribution < -0.4 is 0 Å². The summed E-state index contributed by atoms with van der Waals surface area (Å²) in [5, 5.41) is 0. The SMILES string of the molecule is CCC(=O)N1CCN(C(=O)Cc2ccc3c(c2)nc(C)n3C(C)C)CC1. The van der Waals surface area contributed by atoms with E-state index in [4.69, 9.17) is 0 Å². The third kappa shape index (κ3) is 3.59. The Morgan fingerprint density at radius 3 is 2.27 bits per heavy atom. The van der Waals surface area contributed by atoms with E-state index in [1.807, 2.05) is 35.8 Å². The van der Waals surface area contributed by atoms with Gasteiger partial charge in [-0.2, -0.15) is 0 Å². The first kappa shape index (κ1) is 18.4. The number of fused-ring (bicyclic) bond motifs is 1.